The molecule has 2 aromatic rings. The van der Waals surface area contributed by atoms with Gasteiger partial charge in [-0.05, 0) is 47.4 Å². The first-order chi connectivity index (χ1) is 13.7. The first kappa shape index (κ1) is 21.0. The third-order valence-corrected chi connectivity index (χ3v) is 6.32. The number of hydrogen-bond donors (Lipinski definition) is 1. The lowest BCUT2D eigenvalue weighted by Gasteiger charge is -2.12. The largest absolute Gasteiger partial charge is 0.488 e. The molecule has 1 aliphatic rings. The van der Waals surface area contributed by atoms with E-state index in [4.69, 9.17) is 4.74 Å². The molecule has 3 rings (SSSR count). The zero-order chi connectivity index (χ0) is 21.2. The summed E-state index contributed by atoms with van der Waals surface area (Å²) in [5.74, 6) is -0.490. The topological polar surface area (TPSA) is 89.5 Å². The number of hydrogen-bond acceptors (Lipinski definition) is 5. The molecule has 0 unspecified atom stereocenters. The zero-order valence-corrected chi connectivity index (χ0v) is 17.6. The van der Waals surface area contributed by atoms with Crippen LogP contribution >= 0.6 is 0 Å². The first-order valence-corrected chi connectivity index (χ1v) is 11.5. The molecule has 0 saturated carbocycles. The van der Waals surface area contributed by atoms with Crippen LogP contribution in [0.2, 0.25) is 0 Å². The number of carbonyl (C=O) groups excluding carboxylic acids is 2. The van der Waals surface area contributed by atoms with Gasteiger partial charge in [0, 0.05) is 18.6 Å². The fourth-order valence-corrected chi connectivity index (χ4v) is 3.84. The van der Waals surface area contributed by atoms with Crippen LogP contribution in [0.25, 0.3) is 11.1 Å². The molecule has 0 aromatic heterocycles. The van der Waals surface area contributed by atoms with Crippen LogP contribution in [0.3, 0.4) is 0 Å². The van der Waals surface area contributed by atoms with E-state index in [-0.39, 0.29) is 23.5 Å². The van der Waals surface area contributed by atoms with Crippen molar-refractivity contribution in [3.8, 4) is 16.9 Å². The quantitative estimate of drug-likeness (QED) is 0.703. The van der Waals surface area contributed by atoms with E-state index < -0.39 is 21.5 Å². The number of rotatable bonds is 7. The summed E-state index contributed by atoms with van der Waals surface area (Å²) in [5, 5.41) is 2.67. The summed E-state index contributed by atoms with van der Waals surface area (Å²) in [4.78, 5) is 24.1. The van der Waals surface area contributed by atoms with Crippen molar-refractivity contribution in [1.82, 2.24) is 5.32 Å². The van der Waals surface area contributed by atoms with Crippen molar-refractivity contribution in [3.63, 3.8) is 0 Å². The van der Waals surface area contributed by atoms with E-state index in [1.165, 1.54) is 6.26 Å². The van der Waals surface area contributed by atoms with Gasteiger partial charge in [-0.1, -0.05) is 32.0 Å². The van der Waals surface area contributed by atoms with Crippen LogP contribution in [0.5, 0.6) is 5.75 Å². The standard InChI is InChI=1S/C22H25NO5S/c1-4-14(2)21(24)22(25)23-13-18-12-17-11-16(7-10-20(17)28-18)15-5-8-19(9-6-15)29(3,26)27/h5-11,14,18H,4,12-13H2,1-3H3,(H,23,25)/t14-,18-/m0/s1. The molecule has 1 N–H and O–H groups in total. The second-order valence-corrected chi connectivity index (χ2v) is 9.46. The van der Waals surface area contributed by atoms with Gasteiger partial charge < -0.3 is 10.1 Å². The van der Waals surface area contributed by atoms with E-state index in [2.05, 4.69) is 5.32 Å². The highest BCUT2D eigenvalue weighted by Gasteiger charge is 2.26. The zero-order valence-electron chi connectivity index (χ0n) is 16.8. The Bertz CT molecular complexity index is 1030. The van der Waals surface area contributed by atoms with Gasteiger partial charge in [0.1, 0.15) is 11.9 Å². The minimum Gasteiger partial charge on any atom is -0.488 e. The summed E-state index contributed by atoms with van der Waals surface area (Å²) >= 11 is 0. The Hall–Kier alpha value is -2.67. The Kier molecular flexibility index (Phi) is 6.07. The number of ether oxygens (including phenoxy) is 1. The van der Waals surface area contributed by atoms with Crippen molar-refractivity contribution in [2.45, 2.75) is 37.7 Å². The monoisotopic (exact) mass is 415 g/mol. The van der Waals surface area contributed by atoms with Crippen molar-refractivity contribution in [1.29, 1.82) is 0 Å². The Morgan fingerprint density at radius 3 is 2.41 bits per heavy atom. The maximum atomic E-state index is 12.0. The van der Waals surface area contributed by atoms with E-state index in [9.17, 15) is 18.0 Å². The molecule has 0 saturated heterocycles. The maximum Gasteiger partial charge on any atom is 0.287 e. The van der Waals surface area contributed by atoms with Crippen LogP contribution in [0.4, 0.5) is 0 Å². The van der Waals surface area contributed by atoms with Gasteiger partial charge in [0.15, 0.2) is 9.84 Å². The highest BCUT2D eigenvalue weighted by molar-refractivity contribution is 7.90. The van der Waals surface area contributed by atoms with Gasteiger partial charge in [-0.15, -0.1) is 0 Å². The predicted octanol–water partition coefficient (Wildman–Crippen LogP) is 2.79. The van der Waals surface area contributed by atoms with Crippen LogP contribution in [0, 0.1) is 5.92 Å². The molecule has 2 atom stereocenters. The van der Waals surface area contributed by atoms with Crippen LogP contribution < -0.4 is 10.1 Å². The molecular weight excluding hydrogens is 390 g/mol. The van der Waals surface area contributed by atoms with Crippen LogP contribution in [0.15, 0.2) is 47.4 Å². The smallest absolute Gasteiger partial charge is 0.287 e. The lowest BCUT2D eigenvalue weighted by atomic mass is 10.0. The number of Topliss-reactive ketones (excluding diaryl/α,β-unsaturated/α-hetero) is 1. The fraction of sp³-hybridized carbons (Fsp3) is 0.364. The highest BCUT2D eigenvalue weighted by atomic mass is 32.2. The molecule has 0 radical (unpaired) electrons. The molecule has 0 aliphatic carbocycles. The van der Waals surface area contributed by atoms with Crippen molar-refractivity contribution in [2.75, 3.05) is 12.8 Å². The molecule has 29 heavy (non-hydrogen) atoms. The number of carbonyl (C=O) groups is 2. The maximum absolute atomic E-state index is 12.0. The van der Waals surface area contributed by atoms with Crippen LogP contribution in [-0.2, 0) is 25.8 Å². The highest BCUT2D eigenvalue weighted by Crippen LogP contribution is 2.33. The lowest BCUT2D eigenvalue weighted by molar-refractivity contribution is -0.140. The molecule has 1 aliphatic heterocycles. The van der Waals surface area contributed by atoms with Crippen molar-refractivity contribution in [3.05, 3.63) is 48.0 Å². The number of sulfone groups is 1. The summed E-state index contributed by atoms with van der Waals surface area (Å²) in [6, 6.07) is 12.6. The Balaban J connectivity index is 1.65. The van der Waals surface area contributed by atoms with Crippen LogP contribution in [-0.4, -0.2) is 39.0 Å². The second-order valence-electron chi connectivity index (χ2n) is 7.45. The Morgan fingerprint density at radius 1 is 1.14 bits per heavy atom. The number of nitrogens with one attached hydrogen (secondary N) is 1. The average molecular weight is 416 g/mol. The normalized spacial score (nSPS) is 16.6. The molecule has 2 aromatic carbocycles. The first-order valence-electron chi connectivity index (χ1n) is 9.61. The Labute approximate surface area is 171 Å². The number of amides is 1. The molecule has 6 nitrogen and oxygen atoms in total. The Morgan fingerprint density at radius 2 is 1.79 bits per heavy atom. The predicted molar refractivity (Wildman–Crippen MR) is 111 cm³/mol. The third-order valence-electron chi connectivity index (χ3n) is 5.19. The SMILES string of the molecule is CC[C@H](C)C(=O)C(=O)NC[C@@H]1Cc2cc(-c3ccc(S(C)(=O)=O)cc3)ccc2O1. The molecular formula is C22H25NO5S. The molecule has 0 bridgehead atoms. The molecule has 154 valence electrons. The number of fused-ring (bicyclic) bond motifs is 1. The van der Waals surface area contributed by atoms with Gasteiger partial charge in [0.2, 0.25) is 5.78 Å². The van der Waals surface area contributed by atoms with E-state index in [1.54, 1.807) is 31.2 Å². The fourth-order valence-electron chi connectivity index (χ4n) is 3.21. The summed E-state index contributed by atoms with van der Waals surface area (Å²) in [6.45, 7) is 3.89. The number of benzene rings is 2. The summed E-state index contributed by atoms with van der Waals surface area (Å²) < 4.78 is 29.1. The van der Waals surface area contributed by atoms with Gasteiger partial charge in [0.25, 0.3) is 5.91 Å². The van der Waals surface area contributed by atoms with Gasteiger partial charge in [0.05, 0.1) is 11.4 Å². The summed E-state index contributed by atoms with van der Waals surface area (Å²) in [6.07, 6.45) is 2.22. The van der Waals surface area contributed by atoms with E-state index in [1.807, 2.05) is 25.1 Å². The van der Waals surface area contributed by atoms with Gasteiger partial charge in [-0.3, -0.25) is 9.59 Å². The molecule has 1 heterocycles. The molecule has 0 fully saturated rings. The minimum absolute atomic E-state index is 0.221. The third kappa shape index (κ3) is 4.85. The van der Waals surface area contributed by atoms with Crippen molar-refractivity contribution in [2.24, 2.45) is 5.92 Å². The average Bonchev–Trinajstić information content (AvgIpc) is 3.12. The second kappa shape index (κ2) is 8.37. The van der Waals surface area contributed by atoms with E-state index >= 15 is 0 Å². The molecule has 7 heteroatoms. The molecule has 0 spiro atoms. The van der Waals surface area contributed by atoms with E-state index in [0.717, 1.165) is 22.4 Å². The number of ketones is 1. The van der Waals surface area contributed by atoms with Gasteiger partial charge in [-0.2, -0.15) is 0 Å². The molecule has 1 amide bonds. The van der Waals surface area contributed by atoms with Crippen molar-refractivity contribution < 1.29 is 22.7 Å². The van der Waals surface area contributed by atoms with Gasteiger partial charge >= 0.3 is 0 Å². The van der Waals surface area contributed by atoms with Gasteiger partial charge in [-0.25, -0.2) is 8.42 Å². The lowest BCUT2D eigenvalue weighted by Crippen LogP contribution is -2.40. The summed E-state index contributed by atoms with van der Waals surface area (Å²) in [7, 11) is -3.22. The van der Waals surface area contributed by atoms with Crippen LogP contribution in [0.1, 0.15) is 25.8 Å². The van der Waals surface area contributed by atoms with Crippen molar-refractivity contribution >= 4 is 21.5 Å². The minimum atomic E-state index is -3.22. The summed E-state index contributed by atoms with van der Waals surface area (Å²) in [5.41, 5.74) is 2.89. The van der Waals surface area contributed by atoms with E-state index in [0.29, 0.717) is 12.8 Å².